The van der Waals surface area contributed by atoms with Crippen molar-refractivity contribution in [3.05, 3.63) is 35.9 Å². The normalized spacial score (nSPS) is 27.6. The number of benzene rings is 1. The molecule has 0 N–H and O–H groups in total. The van der Waals surface area contributed by atoms with Gasteiger partial charge in [0.05, 0.1) is 6.10 Å². The van der Waals surface area contributed by atoms with Crippen molar-refractivity contribution in [2.75, 3.05) is 0 Å². The minimum Gasteiger partial charge on any atom is -0.410 e. The van der Waals surface area contributed by atoms with E-state index >= 15 is 0 Å². The van der Waals surface area contributed by atoms with Gasteiger partial charge in [0.15, 0.2) is 14.4 Å². The van der Waals surface area contributed by atoms with Crippen molar-refractivity contribution >= 4 is 19.8 Å². The second-order valence-corrected chi connectivity index (χ2v) is 12.7. The van der Waals surface area contributed by atoms with E-state index in [0.29, 0.717) is 6.42 Å². The van der Waals surface area contributed by atoms with Gasteiger partial charge in [-0.2, -0.15) is 0 Å². The molecular weight excluding hydrogens is 306 g/mol. The lowest BCUT2D eigenvalue weighted by Gasteiger charge is -2.39. The fraction of sp³-hybridized carbons (Fsp3) is 0.556. The molecule has 1 saturated carbocycles. The molecule has 1 aliphatic heterocycles. The summed E-state index contributed by atoms with van der Waals surface area (Å²) < 4.78 is 6.45. The van der Waals surface area contributed by atoms with Crippen molar-refractivity contribution < 1.29 is 14.1 Å². The second kappa shape index (κ2) is 5.56. The molecule has 3 atom stereocenters. The van der Waals surface area contributed by atoms with Gasteiger partial charge < -0.3 is 9.26 Å². The lowest BCUT2D eigenvalue weighted by atomic mass is 9.93. The molecule has 1 heterocycles. The predicted molar refractivity (Wildman–Crippen MR) is 93.0 cm³/mol. The number of carbonyl (C=O) groups is 1. The zero-order valence-electron chi connectivity index (χ0n) is 14.5. The molecule has 0 amide bonds. The van der Waals surface area contributed by atoms with Crippen LogP contribution < -0.4 is 0 Å². The first-order valence-corrected chi connectivity index (χ1v) is 11.1. The maximum absolute atomic E-state index is 12.6. The van der Waals surface area contributed by atoms with Crippen LogP contribution in [0.15, 0.2) is 35.5 Å². The minimum absolute atomic E-state index is 0.107. The number of oxime groups is 1. The molecule has 0 bridgehead atoms. The highest BCUT2D eigenvalue weighted by atomic mass is 28.4. The van der Waals surface area contributed by atoms with E-state index < -0.39 is 8.32 Å². The highest BCUT2D eigenvalue weighted by molar-refractivity contribution is 6.74. The third-order valence-corrected chi connectivity index (χ3v) is 9.84. The van der Waals surface area contributed by atoms with E-state index in [-0.39, 0.29) is 28.9 Å². The van der Waals surface area contributed by atoms with Crippen LogP contribution in [0.3, 0.4) is 0 Å². The van der Waals surface area contributed by atoms with Crippen LogP contribution in [0.2, 0.25) is 18.1 Å². The van der Waals surface area contributed by atoms with Crippen molar-refractivity contribution in [2.45, 2.75) is 57.5 Å². The van der Waals surface area contributed by atoms with Gasteiger partial charge in [-0.25, -0.2) is 0 Å². The number of hydrogen-bond acceptors (Lipinski definition) is 4. The lowest BCUT2D eigenvalue weighted by molar-refractivity contribution is -0.119. The van der Waals surface area contributed by atoms with Gasteiger partial charge in [0.2, 0.25) is 0 Å². The Morgan fingerprint density at radius 3 is 2.48 bits per heavy atom. The standard InChI is InChI=1S/C18H25NO3Si/c1-18(2,3)23(4,5)22-14-11-13(20)15-16(19-21-17(14)15)12-9-7-6-8-10-12/h6-10,14-15,17H,11H2,1-5H3/t14-,15+,17+/m1/s1. The van der Waals surface area contributed by atoms with Crippen molar-refractivity contribution in [3.8, 4) is 0 Å². The summed E-state index contributed by atoms with van der Waals surface area (Å²) in [4.78, 5) is 18.2. The average Bonchev–Trinajstić information content (AvgIpc) is 3.01. The Balaban J connectivity index is 1.80. The number of nitrogens with zero attached hydrogens (tertiary/aromatic N) is 1. The molecule has 0 saturated heterocycles. The first-order valence-electron chi connectivity index (χ1n) is 8.20. The molecule has 1 aromatic carbocycles. The van der Waals surface area contributed by atoms with Crippen molar-refractivity contribution in [2.24, 2.45) is 11.1 Å². The van der Waals surface area contributed by atoms with Gasteiger partial charge in [0.25, 0.3) is 0 Å². The molecule has 1 fully saturated rings. The van der Waals surface area contributed by atoms with E-state index in [1.165, 1.54) is 0 Å². The van der Waals surface area contributed by atoms with E-state index in [1.807, 2.05) is 30.3 Å². The van der Waals surface area contributed by atoms with Gasteiger partial charge in [-0.3, -0.25) is 4.79 Å². The van der Waals surface area contributed by atoms with E-state index in [9.17, 15) is 4.79 Å². The van der Waals surface area contributed by atoms with Crippen LogP contribution in [0.4, 0.5) is 0 Å². The molecule has 4 nitrogen and oxygen atoms in total. The van der Waals surface area contributed by atoms with Crippen LogP contribution in [-0.4, -0.2) is 32.0 Å². The first kappa shape index (κ1) is 16.4. The zero-order chi connectivity index (χ0) is 16.8. The quantitative estimate of drug-likeness (QED) is 0.792. The zero-order valence-corrected chi connectivity index (χ0v) is 15.5. The van der Waals surface area contributed by atoms with E-state index in [0.717, 1.165) is 11.3 Å². The summed E-state index contributed by atoms with van der Waals surface area (Å²) in [6, 6.07) is 9.80. The van der Waals surface area contributed by atoms with Crippen LogP contribution in [0.25, 0.3) is 0 Å². The number of ketones is 1. The van der Waals surface area contributed by atoms with Gasteiger partial charge in [0, 0.05) is 12.0 Å². The maximum Gasteiger partial charge on any atom is 0.192 e. The van der Waals surface area contributed by atoms with Crippen LogP contribution in [-0.2, 0) is 14.1 Å². The molecule has 0 spiro atoms. The molecule has 124 valence electrons. The Kier molecular flexibility index (Phi) is 3.97. The molecule has 5 heteroatoms. The van der Waals surface area contributed by atoms with Crippen LogP contribution in [0, 0.1) is 5.92 Å². The molecular formula is C18H25NO3Si. The summed E-state index contributed by atoms with van der Waals surface area (Å²) in [7, 11) is -1.94. The predicted octanol–water partition coefficient (Wildman–Crippen LogP) is 3.77. The molecule has 23 heavy (non-hydrogen) atoms. The largest absolute Gasteiger partial charge is 0.410 e. The summed E-state index contributed by atoms with van der Waals surface area (Å²) in [5.41, 5.74) is 1.71. The summed E-state index contributed by atoms with van der Waals surface area (Å²) in [5.74, 6) is -0.106. The van der Waals surface area contributed by atoms with Gasteiger partial charge in [-0.1, -0.05) is 56.3 Å². The topological polar surface area (TPSA) is 47.9 Å². The molecule has 1 aromatic rings. The average molecular weight is 331 g/mol. The Bertz CT molecular complexity index is 633. The van der Waals surface area contributed by atoms with Crippen LogP contribution in [0.5, 0.6) is 0 Å². The smallest absolute Gasteiger partial charge is 0.192 e. The number of rotatable bonds is 3. The molecule has 2 aliphatic rings. The lowest BCUT2D eigenvalue weighted by Crippen LogP contribution is -2.46. The monoisotopic (exact) mass is 331 g/mol. The number of Topliss-reactive ketones (excluding diaryl/α,β-unsaturated/α-hetero) is 1. The Morgan fingerprint density at radius 1 is 1.22 bits per heavy atom. The highest BCUT2D eigenvalue weighted by Crippen LogP contribution is 2.42. The number of carbonyl (C=O) groups excluding carboxylic acids is 1. The molecule has 3 rings (SSSR count). The highest BCUT2D eigenvalue weighted by Gasteiger charge is 2.54. The van der Waals surface area contributed by atoms with Crippen molar-refractivity contribution in [1.82, 2.24) is 0 Å². The van der Waals surface area contributed by atoms with E-state index in [1.54, 1.807) is 0 Å². The van der Waals surface area contributed by atoms with E-state index in [2.05, 4.69) is 39.0 Å². The van der Waals surface area contributed by atoms with Crippen molar-refractivity contribution in [3.63, 3.8) is 0 Å². The third-order valence-electron chi connectivity index (χ3n) is 5.33. The summed E-state index contributed by atoms with van der Waals surface area (Å²) >= 11 is 0. The summed E-state index contributed by atoms with van der Waals surface area (Å²) in [6.45, 7) is 11.0. The van der Waals surface area contributed by atoms with Crippen molar-refractivity contribution in [1.29, 1.82) is 0 Å². The SMILES string of the molecule is CC(C)(C)[Si](C)(C)O[C@@H]1CC(=O)[C@H]2C(c3ccccc3)=NO[C@H]21. The fourth-order valence-electron chi connectivity index (χ4n) is 2.96. The number of fused-ring (bicyclic) bond motifs is 1. The molecule has 0 unspecified atom stereocenters. The van der Waals surface area contributed by atoms with Crippen LogP contribution in [0.1, 0.15) is 32.8 Å². The van der Waals surface area contributed by atoms with Crippen LogP contribution >= 0.6 is 0 Å². The third kappa shape index (κ3) is 2.88. The Morgan fingerprint density at radius 2 is 1.87 bits per heavy atom. The minimum atomic E-state index is -1.94. The first-order chi connectivity index (χ1) is 10.7. The van der Waals surface area contributed by atoms with Gasteiger partial charge >= 0.3 is 0 Å². The molecule has 0 aromatic heterocycles. The second-order valence-electron chi connectivity index (χ2n) is 7.98. The van der Waals surface area contributed by atoms with Gasteiger partial charge in [0.1, 0.15) is 17.4 Å². The summed E-state index contributed by atoms with van der Waals surface area (Å²) in [5, 5.41) is 4.32. The fourth-order valence-corrected chi connectivity index (χ4v) is 4.28. The number of hydrogen-bond donors (Lipinski definition) is 0. The summed E-state index contributed by atoms with van der Waals surface area (Å²) in [6.07, 6.45) is -0.0292. The van der Waals surface area contributed by atoms with Gasteiger partial charge in [-0.05, 0) is 18.1 Å². The molecule has 1 aliphatic carbocycles. The van der Waals surface area contributed by atoms with Gasteiger partial charge in [-0.15, -0.1) is 0 Å². The molecule has 0 radical (unpaired) electrons. The maximum atomic E-state index is 12.6. The van der Waals surface area contributed by atoms with E-state index in [4.69, 9.17) is 9.26 Å². The Hall–Kier alpha value is -1.46. The Labute approximate surface area is 139 Å².